The lowest BCUT2D eigenvalue weighted by molar-refractivity contribution is -0.148. The Hall–Kier alpha value is -1.06. The second-order valence-corrected chi connectivity index (χ2v) is 5.13. The summed E-state index contributed by atoms with van der Waals surface area (Å²) in [5.74, 6) is -2.34. The van der Waals surface area contributed by atoms with E-state index in [1.807, 2.05) is 13.8 Å². The van der Waals surface area contributed by atoms with Gasteiger partial charge in [0.25, 0.3) is 0 Å². The number of carboxylic acids is 2. The molecule has 1 aliphatic rings. The van der Waals surface area contributed by atoms with Gasteiger partial charge in [-0.1, -0.05) is 13.8 Å². The largest absolute Gasteiger partial charge is 0.481 e. The third-order valence-corrected chi connectivity index (χ3v) is 3.26. The van der Waals surface area contributed by atoms with Crippen LogP contribution >= 0.6 is 0 Å². The number of aliphatic carboxylic acids is 2. The van der Waals surface area contributed by atoms with Crippen LogP contribution in [0.2, 0.25) is 0 Å². The van der Waals surface area contributed by atoms with Gasteiger partial charge in [-0.25, -0.2) is 0 Å². The fraction of sp³-hybridized carbons (Fsp3) is 0.800. The van der Waals surface area contributed by atoms with Gasteiger partial charge in [0.15, 0.2) is 0 Å². The van der Waals surface area contributed by atoms with Crippen molar-refractivity contribution in [3.63, 3.8) is 0 Å². The summed E-state index contributed by atoms with van der Waals surface area (Å²) < 4.78 is 0. The summed E-state index contributed by atoms with van der Waals surface area (Å²) in [5, 5.41) is 18.0. The molecule has 0 heterocycles. The quantitative estimate of drug-likeness (QED) is 0.710. The van der Waals surface area contributed by atoms with Gasteiger partial charge >= 0.3 is 11.9 Å². The molecule has 0 bridgehead atoms. The normalized spacial score (nSPS) is 35.5. The highest BCUT2D eigenvalue weighted by atomic mass is 16.4. The van der Waals surface area contributed by atoms with E-state index < -0.39 is 28.7 Å². The highest BCUT2D eigenvalue weighted by Crippen LogP contribution is 2.52. The molecule has 0 unspecified atom stereocenters. The van der Waals surface area contributed by atoms with Gasteiger partial charge in [0.1, 0.15) is 0 Å². The zero-order valence-corrected chi connectivity index (χ0v) is 8.70. The molecule has 0 aromatic heterocycles. The van der Waals surface area contributed by atoms with Gasteiger partial charge in [0.2, 0.25) is 0 Å². The Labute approximate surface area is 82.9 Å². The Morgan fingerprint density at radius 3 is 1.93 bits per heavy atom. The van der Waals surface area contributed by atoms with E-state index in [0.717, 1.165) is 0 Å². The highest BCUT2D eigenvalue weighted by Gasteiger charge is 2.53. The smallest absolute Gasteiger partial charge is 0.309 e. The lowest BCUT2D eigenvalue weighted by Gasteiger charge is -2.23. The minimum Gasteiger partial charge on any atom is -0.481 e. The fourth-order valence-corrected chi connectivity index (χ4v) is 2.51. The van der Waals surface area contributed by atoms with E-state index in [4.69, 9.17) is 10.2 Å². The summed E-state index contributed by atoms with van der Waals surface area (Å²) in [5.41, 5.74) is -1.31. The van der Waals surface area contributed by atoms with Gasteiger partial charge in [-0.3, -0.25) is 9.59 Å². The minimum atomic E-state index is -0.894. The molecule has 0 saturated heterocycles. The molecule has 14 heavy (non-hydrogen) atoms. The van der Waals surface area contributed by atoms with Crippen molar-refractivity contribution in [2.75, 3.05) is 0 Å². The number of hydrogen-bond acceptors (Lipinski definition) is 2. The van der Waals surface area contributed by atoms with Gasteiger partial charge in [-0.15, -0.1) is 0 Å². The summed E-state index contributed by atoms with van der Waals surface area (Å²) in [4.78, 5) is 21.9. The van der Waals surface area contributed by atoms with Crippen LogP contribution in [0.4, 0.5) is 0 Å². The molecule has 0 aromatic rings. The topological polar surface area (TPSA) is 74.6 Å². The summed E-state index contributed by atoms with van der Waals surface area (Å²) in [6, 6.07) is 0. The van der Waals surface area contributed by atoms with Crippen molar-refractivity contribution >= 4 is 11.9 Å². The van der Waals surface area contributed by atoms with Crippen molar-refractivity contribution in [3.8, 4) is 0 Å². The molecule has 1 fully saturated rings. The number of carbonyl (C=O) groups is 2. The average Bonchev–Trinajstić information content (AvgIpc) is 2.22. The van der Waals surface area contributed by atoms with Crippen LogP contribution in [-0.2, 0) is 9.59 Å². The van der Waals surface area contributed by atoms with Gasteiger partial charge in [-0.05, 0) is 25.2 Å². The molecule has 1 rings (SSSR count). The van der Waals surface area contributed by atoms with Crippen LogP contribution in [0.5, 0.6) is 0 Å². The minimum absolute atomic E-state index is 0.227. The Bertz CT molecular complexity index is 282. The van der Waals surface area contributed by atoms with Gasteiger partial charge in [-0.2, -0.15) is 0 Å². The first-order chi connectivity index (χ1) is 6.19. The molecule has 2 N–H and O–H groups in total. The Balaban J connectivity index is 2.97. The zero-order chi connectivity index (χ0) is 11.1. The van der Waals surface area contributed by atoms with Crippen LogP contribution < -0.4 is 0 Å². The Morgan fingerprint density at radius 1 is 1.21 bits per heavy atom. The van der Waals surface area contributed by atoms with Crippen LogP contribution in [0, 0.1) is 16.7 Å². The monoisotopic (exact) mass is 200 g/mol. The zero-order valence-electron chi connectivity index (χ0n) is 8.70. The molecular formula is C10H16O4. The molecule has 4 heteroatoms. The molecule has 4 nitrogen and oxygen atoms in total. The maximum atomic E-state index is 11.0. The molecule has 80 valence electrons. The maximum absolute atomic E-state index is 11.0. The van der Waals surface area contributed by atoms with Crippen LogP contribution in [0.15, 0.2) is 0 Å². The molecule has 1 aliphatic carbocycles. The second kappa shape index (κ2) is 2.97. The van der Waals surface area contributed by atoms with Crippen LogP contribution in [-0.4, -0.2) is 22.2 Å². The predicted molar refractivity (Wildman–Crippen MR) is 49.9 cm³/mol. The lowest BCUT2D eigenvalue weighted by Crippen LogP contribution is -2.25. The van der Waals surface area contributed by atoms with Gasteiger partial charge in [0.05, 0.1) is 11.3 Å². The van der Waals surface area contributed by atoms with E-state index >= 15 is 0 Å². The number of hydrogen-bond donors (Lipinski definition) is 2. The molecule has 0 aliphatic heterocycles. The van der Waals surface area contributed by atoms with E-state index in [9.17, 15) is 9.59 Å². The SMILES string of the molecule is CC1(C)C[C@@](C)(C(=O)O)C[C@@H]1C(=O)O. The average molecular weight is 200 g/mol. The van der Waals surface area contributed by atoms with E-state index in [2.05, 4.69) is 0 Å². The first-order valence-corrected chi connectivity index (χ1v) is 4.65. The van der Waals surface area contributed by atoms with Crippen molar-refractivity contribution in [2.24, 2.45) is 16.7 Å². The molecular weight excluding hydrogens is 184 g/mol. The van der Waals surface area contributed by atoms with Crippen molar-refractivity contribution in [1.29, 1.82) is 0 Å². The number of rotatable bonds is 2. The first kappa shape index (κ1) is 11.0. The molecule has 0 radical (unpaired) electrons. The molecule has 0 amide bonds. The van der Waals surface area contributed by atoms with E-state index in [-0.39, 0.29) is 6.42 Å². The van der Waals surface area contributed by atoms with E-state index in [1.54, 1.807) is 6.92 Å². The van der Waals surface area contributed by atoms with Crippen molar-refractivity contribution in [3.05, 3.63) is 0 Å². The molecule has 0 aromatic carbocycles. The van der Waals surface area contributed by atoms with Gasteiger partial charge in [0, 0.05) is 0 Å². The Morgan fingerprint density at radius 2 is 1.71 bits per heavy atom. The summed E-state index contributed by atoms with van der Waals surface area (Å²) in [7, 11) is 0. The third kappa shape index (κ3) is 1.61. The van der Waals surface area contributed by atoms with E-state index in [0.29, 0.717) is 6.42 Å². The summed E-state index contributed by atoms with van der Waals surface area (Å²) in [6.07, 6.45) is 0.650. The summed E-state index contributed by atoms with van der Waals surface area (Å²) >= 11 is 0. The Kier molecular flexibility index (Phi) is 2.34. The fourth-order valence-electron chi connectivity index (χ4n) is 2.51. The highest BCUT2D eigenvalue weighted by molar-refractivity contribution is 5.78. The van der Waals surface area contributed by atoms with Crippen LogP contribution in [0.1, 0.15) is 33.6 Å². The van der Waals surface area contributed by atoms with Crippen molar-refractivity contribution < 1.29 is 19.8 Å². The molecule has 1 saturated carbocycles. The van der Waals surface area contributed by atoms with Crippen LogP contribution in [0.25, 0.3) is 0 Å². The van der Waals surface area contributed by atoms with E-state index in [1.165, 1.54) is 0 Å². The second-order valence-electron chi connectivity index (χ2n) is 5.13. The standard InChI is InChI=1S/C10H16O4/c1-9(2)5-10(3,8(13)14)4-6(9)7(11)12/h6H,4-5H2,1-3H3,(H,11,12)(H,13,14)/t6-,10+/m1/s1. The lowest BCUT2D eigenvalue weighted by atomic mass is 9.81. The molecule has 2 atom stereocenters. The van der Waals surface area contributed by atoms with Crippen LogP contribution in [0.3, 0.4) is 0 Å². The van der Waals surface area contributed by atoms with Gasteiger partial charge < -0.3 is 10.2 Å². The predicted octanol–water partition coefficient (Wildman–Crippen LogP) is 1.60. The maximum Gasteiger partial charge on any atom is 0.309 e. The number of carboxylic acid groups (broad SMARTS) is 2. The van der Waals surface area contributed by atoms with Crippen molar-refractivity contribution in [1.82, 2.24) is 0 Å². The molecule has 0 spiro atoms. The third-order valence-electron chi connectivity index (χ3n) is 3.26. The summed E-state index contributed by atoms with van der Waals surface area (Å²) in [6.45, 7) is 5.26. The van der Waals surface area contributed by atoms with Crippen molar-refractivity contribution in [2.45, 2.75) is 33.6 Å². The first-order valence-electron chi connectivity index (χ1n) is 4.65.